The van der Waals surface area contributed by atoms with Gasteiger partial charge in [0.1, 0.15) is 65.2 Å². The van der Waals surface area contributed by atoms with E-state index in [1.54, 1.807) is 0 Å². The molecular weight excluding hydrogens is 576 g/mol. The van der Waals surface area contributed by atoms with Gasteiger partial charge in [0, 0.05) is 17.7 Å². The molecule has 0 spiro atoms. The predicted octanol–water partition coefficient (Wildman–Crippen LogP) is -1.09. The first-order valence-corrected chi connectivity index (χ1v) is 13.3. The van der Waals surface area contributed by atoms with Crippen molar-refractivity contribution in [2.75, 3.05) is 13.7 Å². The van der Waals surface area contributed by atoms with Crippen molar-refractivity contribution >= 4 is 11.0 Å². The summed E-state index contributed by atoms with van der Waals surface area (Å²) < 4.78 is 33.2. The van der Waals surface area contributed by atoms with Gasteiger partial charge in [0.05, 0.1) is 19.8 Å². The molecule has 0 unspecified atom stereocenters. The van der Waals surface area contributed by atoms with Crippen LogP contribution in [0.3, 0.4) is 0 Å². The quantitative estimate of drug-likeness (QED) is 0.159. The number of phenolic OH excluding ortho intramolecular Hbond substituents is 2. The van der Waals surface area contributed by atoms with Gasteiger partial charge in [-0.15, -0.1) is 0 Å². The minimum Gasteiger partial charge on any atom is -0.508 e. The second-order valence-electron chi connectivity index (χ2n) is 10.3. The van der Waals surface area contributed by atoms with E-state index in [-0.39, 0.29) is 28.2 Å². The number of rotatable bonds is 7. The molecule has 2 aliphatic heterocycles. The van der Waals surface area contributed by atoms with Crippen LogP contribution in [0.1, 0.15) is 6.92 Å². The summed E-state index contributed by atoms with van der Waals surface area (Å²) in [4.78, 5) is 13.0. The average Bonchev–Trinajstić information content (AvgIpc) is 2.99. The van der Waals surface area contributed by atoms with Crippen molar-refractivity contribution in [3.05, 3.63) is 46.6 Å². The van der Waals surface area contributed by atoms with E-state index < -0.39 is 84.9 Å². The highest BCUT2D eigenvalue weighted by Crippen LogP contribution is 2.44. The zero-order valence-corrected chi connectivity index (χ0v) is 22.9. The van der Waals surface area contributed by atoms with Gasteiger partial charge < -0.3 is 69.0 Å². The average molecular weight is 609 g/mol. The van der Waals surface area contributed by atoms with Crippen molar-refractivity contribution in [1.29, 1.82) is 0 Å². The maximum atomic E-state index is 13.0. The molecule has 2 aliphatic rings. The SMILES string of the molecule is COc1cc2oc(-c3ccc(O)cc3)cc(=O)c2c(O)c1O[C@@H]1O[C@H](CO[C@H]2O[C@@H](C)[C@H](O)[C@@H](O)[C@H]2O)[C@@H](O)[C@H](O)[C@H]1O. The fourth-order valence-electron chi connectivity index (χ4n) is 4.90. The molecule has 0 amide bonds. The van der Waals surface area contributed by atoms with Crippen LogP contribution in [0.15, 0.2) is 45.6 Å². The molecule has 15 heteroatoms. The van der Waals surface area contributed by atoms with E-state index in [0.717, 1.165) is 6.07 Å². The number of hydrogen-bond acceptors (Lipinski definition) is 15. The molecule has 1 aromatic heterocycles. The highest BCUT2D eigenvalue weighted by Gasteiger charge is 2.47. The zero-order valence-electron chi connectivity index (χ0n) is 22.9. The Morgan fingerprint density at radius 2 is 1.47 bits per heavy atom. The van der Waals surface area contributed by atoms with Crippen molar-refractivity contribution in [2.24, 2.45) is 0 Å². The number of benzene rings is 2. The van der Waals surface area contributed by atoms with Crippen LogP contribution in [0.5, 0.6) is 23.0 Å². The van der Waals surface area contributed by atoms with Gasteiger partial charge in [0.25, 0.3) is 0 Å². The Bertz CT molecular complexity index is 1490. The lowest BCUT2D eigenvalue weighted by molar-refractivity contribution is -0.318. The molecule has 2 fully saturated rings. The monoisotopic (exact) mass is 608 g/mol. The number of hydrogen-bond donors (Lipinski definition) is 8. The fourth-order valence-corrected chi connectivity index (χ4v) is 4.90. The number of aliphatic hydroxyl groups excluding tert-OH is 6. The molecule has 10 atom stereocenters. The molecule has 0 saturated carbocycles. The highest BCUT2D eigenvalue weighted by molar-refractivity contribution is 5.89. The van der Waals surface area contributed by atoms with Crippen LogP contribution in [-0.4, -0.2) is 116 Å². The van der Waals surface area contributed by atoms with Crippen molar-refractivity contribution in [3.63, 3.8) is 0 Å². The summed E-state index contributed by atoms with van der Waals surface area (Å²) in [5.74, 6) is -1.14. The van der Waals surface area contributed by atoms with Gasteiger partial charge in [-0.05, 0) is 31.2 Å². The predicted molar refractivity (Wildman–Crippen MR) is 143 cm³/mol. The van der Waals surface area contributed by atoms with Crippen LogP contribution < -0.4 is 14.9 Å². The zero-order chi connectivity index (χ0) is 31.2. The molecule has 3 heterocycles. The lowest BCUT2D eigenvalue weighted by Crippen LogP contribution is -2.61. The van der Waals surface area contributed by atoms with Crippen LogP contribution in [0.25, 0.3) is 22.3 Å². The minimum atomic E-state index is -1.85. The molecular formula is C28H32O15. The van der Waals surface area contributed by atoms with Crippen molar-refractivity contribution in [1.82, 2.24) is 0 Å². The van der Waals surface area contributed by atoms with E-state index in [0.29, 0.717) is 5.56 Å². The maximum absolute atomic E-state index is 13.0. The largest absolute Gasteiger partial charge is 0.508 e. The Hall–Kier alpha value is -3.51. The third-order valence-corrected chi connectivity index (χ3v) is 7.42. The van der Waals surface area contributed by atoms with Gasteiger partial charge in [-0.2, -0.15) is 0 Å². The fraction of sp³-hybridized carbons (Fsp3) is 0.464. The van der Waals surface area contributed by atoms with Gasteiger partial charge >= 0.3 is 0 Å². The van der Waals surface area contributed by atoms with Crippen molar-refractivity contribution in [2.45, 2.75) is 68.3 Å². The molecule has 234 valence electrons. The minimum absolute atomic E-state index is 0.0136. The third kappa shape index (κ3) is 5.86. The van der Waals surface area contributed by atoms with Gasteiger partial charge in [-0.25, -0.2) is 0 Å². The van der Waals surface area contributed by atoms with Crippen LogP contribution >= 0.6 is 0 Å². The first-order chi connectivity index (χ1) is 20.4. The molecule has 0 radical (unpaired) electrons. The molecule has 2 saturated heterocycles. The number of methoxy groups -OCH3 is 1. The Morgan fingerprint density at radius 3 is 2.14 bits per heavy atom. The van der Waals surface area contributed by atoms with Gasteiger partial charge in [-0.1, -0.05) is 0 Å². The lowest BCUT2D eigenvalue weighted by Gasteiger charge is -2.42. The van der Waals surface area contributed by atoms with Crippen molar-refractivity contribution in [3.8, 4) is 34.3 Å². The standard InChI is InChI=1S/C28H32O15/c1-10-19(31)22(34)24(36)27(40-10)39-9-17-20(32)23(35)25(37)28(42-17)43-26-16(38-2)8-15-18(21(26)33)13(30)7-14(41-15)11-3-5-12(29)6-4-11/h3-8,10,17,19-20,22-25,27-29,31-37H,9H2,1-2H3/t10-,17+,19-,20+,22+,23-,24+,25+,27-,28-/m0/s1. The molecule has 5 rings (SSSR count). The van der Waals surface area contributed by atoms with Gasteiger partial charge in [-0.3, -0.25) is 4.79 Å². The molecule has 2 aromatic carbocycles. The Balaban J connectivity index is 1.40. The summed E-state index contributed by atoms with van der Waals surface area (Å²) in [5, 5.41) is 82.0. The smallest absolute Gasteiger partial charge is 0.229 e. The third-order valence-electron chi connectivity index (χ3n) is 7.42. The Kier molecular flexibility index (Phi) is 8.80. The van der Waals surface area contributed by atoms with Crippen LogP contribution in [0.4, 0.5) is 0 Å². The Morgan fingerprint density at radius 1 is 0.814 bits per heavy atom. The van der Waals surface area contributed by atoms with Crippen LogP contribution in [0, 0.1) is 0 Å². The summed E-state index contributed by atoms with van der Waals surface area (Å²) in [6.45, 7) is 0.913. The molecule has 0 aliphatic carbocycles. The van der Waals surface area contributed by atoms with E-state index in [1.165, 1.54) is 44.4 Å². The van der Waals surface area contributed by atoms with Crippen LogP contribution in [-0.2, 0) is 14.2 Å². The first kappa shape index (κ1) is 30.9. The number of aliphatic hydroxyl groups is 6. The molecule has 8 N–H and O–H groups in total. The lowest BCUT2D eigenvalue weighted by atomic mass is 9.98. The number of aromatic hydroxyl groups is 2. The second kappa shape index (κ2) is 12.2. The van der Waals surface area contributed by atoms with E-state index >= 15 is 0 Å². The summed E-state index contributed by atoms with van der Waals surface area (Å²) in [7, 11) is 1.24. The summed E-state index contributed by atoms with van der Waals surface area (Å²) in [5.41, 5.74) is -0.258. The Labute approximate surface area is 243 Å². The first-order valence-electron chi connectivity index (χ1n) is 13.3. The van der Waals surface area contributed by atoms with Gasteiger partial charge in [0.2, 0.25) is 12.0 Å². The molecule has 15 nitrogen and oxygen atoms in total. The van der Waals surface area contributed by atoms with Crippen LogP contribution in [0.2, 0.25) is 0 Å². The summed E-state index contributed by atoms with van der Waals surface area (Å²) in [6.07, 6.45) is -15.4. The molecule has 43 heavy (non-hydrogen) atoms. The number of phenols is 2. The molecule has 3 aromatic rings. The highest BCUT2D eigenvalue weighted by atomic mass is 16.7. The molecule has 0 bridgehead atoms. The van der Waals surface area contributed by atoms with E-state index in [9.17, 15) is 45.6 Å². The normalized spacial score (nSPS) is 32.9. The van der Waals surface area contributed by atoms with E-state index in [2.05, 4.69) is 0 Å². The number of ether oxygens (including phenoxy) is 5. The van der Waals surface area contributed by atoms with Gasteiger partial charge in [0.15, 0.2) is 23.2 Å². The maximum Gasteiger partial charge on any atom is 0.229 e. The van der Waals surface area contributed by atoms with E-state index in [1.807, 2.05) is 0 Å². The summed E-state index contributed by atoms with van der Waals surface area (Å²) in [6, 6.07) is 8.27. The topological polar surface area (TPSA) is 238 Å². The van der Waals surface area contributed by atoms with Crippen molar-refractivity contribution < 1.29 is 69.0 Å². The summed E-state index contributed by atoms with van der Waals surface area (Å²) >= 11 is 0. The second-order valence-corrected chi connectivity index (χ2v) is 10.3. The van der Waals surface area contributed by atoms with E-state index in [4.69, 9.17) is 28.1 Å². The number of fused-ring (bicyclic) bond motifs is 1.